The first-order chi connectivity index (χ1) is 12.0. The summed E-state index contributed by atoms with van der Waals surface area (Å²) in [6, 6.07) is 3.56. The average molecular weight is 359 g/mol. The first-order valence-corrected chi connectivity index (χ1v) is 8.55. The maximum Gasteiger partial charge on any atom is 0.339 e. The number of nitrogens with zero attached hydrogens (tertiary/aromatic N) is 3. The number of rotatable bonds is 5. The number of esters is 1. The van der Waals surface area contributed by atoms with Crippen LogP contribution in [0.15, 0.2) is 27.4 Å². The van der Waals surface area contributed by atoms with Crippen LogP contribution in [0.3, 0.4) is 0 Å². The summed E-state index contributed by atoms with van der Waals surface area (Å²) in [6.07, 6.45) is 0. The largest absolute Gasteiger partial charge is 0.452 e. The number of hydrogen-bond acceptors (Lipinski definition) is 7. The first kappa shape index (κ1) is 17.1. The van der Waals surface area contributed by atoms with Crippen molar-refractivity contribution in [2.75, 3.05) is 13.7 Å². The Morgan fingerprint density at radius 2 is 2.16 bits per heavy atom. The number of pyridine rings is 1. The SMILES string of the molecule is Cc1cc(C(=O)OCC(=O)N(C)Cc2ccsc2)c2c(C)noc2n1. The lowest BCUT2D eigenvalue weighted by Gasteiger charge is -2.16. The smallest absolute Gasteiger partial charge is 0.339 e. The number of ether oxygens (including phenoxy) is 1. The minimum absolute atomic E-state index is 0.274. The Balaban J connectivity index is 1.68. The van der Waals surface area contributed by atoms with Gasteiger partial charge in [0.05, 0.1) is 16.6 Å². The molecule has 0 radical (unpaired) electrons. The molecule has 0 saturated heterocycles. The molecular formula is C17H17N3O4S. The van der Waals surface area contributed by atoms with Crippen LogP contribution in [0.5, 0.6) is 0 Å². The van der Waals surface area contributed by atoms with Gasteiger partial charge in [-0.2, -0.15) is 11.3 Å². The molecule has 3 aromatic rings. The van der Waals surface area contributed by atoms with Crippen LogP contribution in [0.25, 0.3) is 11.1 Å². The summed E-state index contributed by atoms with van der Waals surface area (Å²) in [7, 11) is 1.67. The minimum atomic E-state index is -0.598. The third-order valence-electron chi connectivity index (χ3n) is 3.72. The van der Waals surface area contributed by atoms with Crippen LogP contribution in [-0.4, -0.2) is 40.6 Å². The van der Waals surface area contributed by atoms with E-state index >= 15 is 0 Å². The summed E-state index contributed by atoms with van der Waals surface area (Å²) >= 11 is 1.57. The fourth-order valence-corrected chi connectivity index (χ4v) is 3.10. The second-order valence-electron chi connectivity index (χ2n) is 5.72. The van der Waals surface area contributed by atoms with E-state index in [0.29, 0.717) is 28.9 Å². The van der Waals surface area contributed by atoms with Crippen molar-refractivity contribution in [2.24, 2.45) is 0 Å². The number of amides is 1. The molecule has 1 amide bonds. The van der Waals surface area contributed by atoms with Gasteiger partial charge in [-0.3, -0.25) is 4.79 Å². The zero-order valence-electron chi connectivity index (χ0n) is 14.1. The highest BCUT2D eigenvalue weighted by atomic mass is 32.1. The van der Waals surface area contributed by atoms with E-state index < -0.39 is 5.97 Å². The molecule has 7 nitrogen and oxygen atoms in total. The zero-order chi connectivity index (χ0) is 18.0. The molecule has 0 aliphatic rings. The molecule has 0 fully saturated rings. The lowest BCUT2D eigenvalue weighted by atomic mass is 10.1. The fraction of sp³-hybridized carbons (Fsp3) is 0.294. The van der Waals surface area contributed by atoms with Crippen LogP contribution in [0.1, 0.15) is 27.3 Å². The molecule has 0 bridgehead atoms. The van der Waals surface area contributed by atoms with E-state index in [1.54, 1.807) is 38.3 Å². The maximum atomic E-state index is 12.4. The number of fused-ring (bicyclic) bond motifs is 1. The first-order valence-electron chi connectivity index (χ1n) is 7.61. The summed E-state index contributed by atoms with van der Waals surface area (Å²) in [5.74, 6) is -0.873. The number of likely N-dealkylation sites (N-methyl/N-ethyl adjacent to an activating group) is 1. The maximum absolute atomic E-state index is 12.4. The van der Waals surface area contributed by atoms with E-state index in [1.165, 1.54) is 4.90 Å². The van der Waals surface area contributed by atoms with Gasteiger partial charge in [0.2, 0.25) is 0 Å². The molecule has 0 saturated carbocycles. The van der Waals surface area contributed by atoms with E-state index in [0.717, 1.165) is 5.56 Å². The Morgan fingerprint density at radius 1 is 1.36 bits per heavy atom. The topological polar surface area (TPSA) is 85.5 Å². The van der Waals surface area contributed by atoms with E-state index in [1.807, 2.05) is 16.8 Å². The van der Waals surface area contributed by atoms with Gasteiger partial charge in [-0.15, -0.1) is 0 Å². The summed E-state index contributed by atoms with van der Waals surface area (Å²) in [6.45, 7) is 3.61. The average Bonchev–Trinajstić information content (AvgIpc) is 3.21. The molecule has 0 aliphatic heterocycles. The van der Waals surface area contributed by atoms with Gasteiger partial charge in [0, 0.05) is 19.3 Å². The molecule has 0 atom stereocenters. The predicted octanol–water partition coefficient (Wildman–Crippen LogP) is 2.72. The van der Waals surface area contributed by atoms with Gasteiger partial charge < -0.3 is 14.2 Å². The van der Waals surface area contributed by atoms with Crippen molar-refractivity contribution in [3.8, 4) is 0 Å². The molecule has 0 unspecified atom stereocenters. The molecule has 8 heteroatoms. The molecule has 0 aliphatic carbocycles. The molecule has 130 valence electrons. The van der Waals surface area contributed by atoms with Crippen molar-refractivity contribution in [2.45, 2.75) is 20.4 Å². The van der Waals surface area contributed by atoms with E-state index in [-0.39, 0.29) is 18.2 Å². The van der Waals surface area contributed by atoms with Gasteiger partial charge in [0.1, 0.15) is 0 Å². The Morgan fingerprint density at radius 3 is 2.88 bits per heavy atom. The number of carbonyl (C=O) groups excluding carboxylic acids is 2. The molecule has 3 aromatic heterocycles. The summed E-state index contributed by atoms with van der Waals surface area (Å²) in [5, 5.41) is 8.26. The normalized spacial score (nSPS) is 10.8. The third-order valence-corrected chi connectivity index (χ3v) is 4.45. The second-order valence-corrected chi connectivity index (χ2v) is 6.50. The van der Waals surface area contributed by atoms with Crippen LogP contribution in [-0.2, 0) is 16.1 Å². The van der Waals surface area contributed by atoms with Crippen molar-refractivity contribution in [3.63, 3.8) is 0 Å². The molecule has 3 heterocycles. The van der Waals surface area contributed by atoms with Crippen molar-refractivity contribution in [1.82, 2.24) is 15.0 Å². The molecular weight excluding hydrogens is 342 g/mol. The Hall–Kier alpha value is -2.74. The Kier molecular flexibility index (Phi) is 4.80. The minimum Gasteiger partial charge on any atom is -0.452 e. The standard InChI is InChI=1S/C17H17N3O4S/c1-10-6-13(15-11(2)19-24-16(15)18-10)17(22)23-8-14(21)20(3)7-12-4-5-25-9-12/h4-6,9H,7-8H2,1-3H3. The van der Waals surface area contributed by atoms with Gasteiger partial charge in [-0.25, -0.2) is 9.78 Å². The van der Waals surface area contributed by atoms with Gasteiger partial charge >= 0.3 is 5.97 Å². The van der Waals surface area contributed by atoms with Crippen LogP contribution in [0.4, 0.5) is 0 Å². The van der Waals surface area contributed by atoms with Gasteiger partial charge in [0.25, 0.3) is 11.6 Å². The summed E-state index contributed by atoms with van der Waals surface area (Å²) in [5.41, 5.74) is 2.78. The lowest BCUT2D eigenvalue weighted by molar-refractivity contribution is -0.133. The fourth-order valence-electron chi connectivity index (χ4n) is 2.44. The number of aryl methyl sites for hydroxylation is 2. The van der Waals surface area contributed by atoms with Crippen molar-refractivity contribution in [1.29, 1.82) is 0 Å². The van der Waals surface area contributed by atoms with E-state index in [2.05, 4.69) is 10.1 Å². The van der Waals surface area contributed by atoms with Crippen molar-refractivity contribution < 1.29 is 18.8 Å². The van der Waals surface area contributed by atoms with Crippen LogP contribution < -0.4 is 0 Å². The second kappa shape index (κ2) is 7.02. The highest BCUT2D eigenvalue weighted by Crippen LogP contribution is 2.22. The van der Waals surface area contributed by atoms with Crippen molar-refractivity contribution in [3.05, 3.63) is 45.4 Å². The summed E-state index contributed by atoms with van der Waals surface area (Å²) in [4.78, 5) is 30.3. The van der Waals surface area contributed by atoms with Crippen LogP contribution in [0.2, 0.25) is 0 Å². The lowest BCUT2D eigenvalue weighted by Crippen LogP contribution is -2.30. The monoisotopic (exact) mass is 359 g/mol. The van der Waals surface area contributed by atoms with E-state index in [4.69, 9.17) is 9.26 Å². The molecule has 25 heavy (non-hydrogen) atoms. The number of hydrogen-bond donors (Lipinski definition) is 0. The zero-order valence-corrected chi connectivity index (χ0v) is 14.9. The number of thiophene rings is 1. The molecule has 0 spiro atoms. The molecule has 0 N–H and O–H groups in total. The molecule has 3 rings (SSSR count). The van der Waals surface area contributed by atoms with E-state index in [9.17, 15) is 9.59 Å². The van der Waals surface area contributed by atoms with Crippen LogP contribution in [0, 0.1) is 13.8 Å². The van der Waals surface area contributed by atoms with Crippen molar-refractivity contribution >= 4 is 34.3 Å². The number of carbonyl (C=O) groups is 2. The highest BCUT2D eigenvalue weighted by molar-refractivity contribution is 7.07. The quantitative estimate of drug-likeness (QED) is 0.651. The van der Waals surface area contributed by atoms with Gasteiger partial charge in [0.15, 0.2) is 6.61 Å². The van der Waals surface area contributed by atoms with Crippen LogP contribution >= 0.6 is 11.3 Å². The predicted molar refractivity (Wildman–Crippen MR) is 92.4 cm³/mol. The summed E-state index contributed by atoms with van der Waals surface area (Å²) < 4.78 is 10.3. The Labute approximate surface area is 148 Å². The van der Waals surface area contributed by atoms with Gasteiger partial charge in [-0.05, 0) is 42.3 Å². The third kappa shape index (κ3) is 3.69. The van der Waals surface area contributed by atoms with Gasteiger partial charge in [-0.1, -0.05) is 5.16 Å². The highest BCUT2D eigenvalue weighted by Gasteiger charge is 2.20. The Bertz CT molecular complexity index is 918. The number of aromatic nitrogens is 2. The molecule has 0 aromatic carbocycles.